The molecular weight excluding hydrogens is 436 g/mol. The topological polar surface area (TPSA) is 112 Å². The summed E-state index contributed by atoms with van der Waals surface area (Å²) in [5.41, 5.74) is -3.15. The summed E-state index contributed by atoms with van der Waals surface area (Å²) >= 11 is 0. The van der Waals surface area contributed by atoms with Gasteiger partial charge in [-0.25, -0.2) is 8.78 Å². The van der Waals surface area contributed by atoms with E-state index in [1.54, 1.807) is 6.92 Å². The molecule has 2 aliphatic rings. The van der Waals surface area contributed by atoms with Crippen LogP contribution in [0.3, 0.4) is 0 Å². The molecule has 2 bridgehead atoms. The molecule has 1 aromatic carbocycles. The van der Waals surface area contributed by atoms with Crippen LogP contribution in [0, 0.1) is 18.6 Å². The number of aryl methyl sites for hydroxylation is 1. The van der Waals surface area contributed by atoms with Crippen LogP contribution in [0.2, 0.25) is 0 Å². The number of nitrogens with one attached hydrogen (secondary N) is 1. The maximum atomic E-state index is 14.1. The number of pyridine rings is 1. The van der Waals surface area contributed by atoms with E-state index >= 15 is 0 Å². The normalized spacial score (nSPS) is 24.3. The molecule has 176 valence electrons. The molecule has 0 spiro atoms. The second-order valence-electron chi connectivity index (χ2n) is 9.08. The maximum absolute atomic E-state index is 14.1. The van der Waals surface area contributed by atoms with Gasteiger partial charge in [-0.05, 0) is 51.3 Å². The van der Waals surface area contributed by atoms with Gasteiger partial charge in [0.2, 0.25) is 5.43 Å². The number of aliphatic hydroxyl groups is 1. The smallest absolute Gasteiger partial charge is 0.274 e. The SMILES string of the molecule is Cc1cc(F)c(CNC(=O)c2cn3c(c(O)c2=O)C(=O)N2C[C@@H]3[C@](C)(O)CC[C@@H]2C)c(F)c1. The highest BCUT2D eigenvalue weighted by Crippen LogP contribution is 2.39. The minimum Gasteiger partial charge on any atom is -0.503 e. The fourth-order valence-electron chi connectivity index (χ4n) is 4.59. The Labute approximate surface area is 188 Å². The fraction of sp³-hybridized carbons (Fsp3) is 0.435. The molecule has 2 amide bonds. The summed E-state index contributed by atoms with van der Waals surface area (Å²) in [6.07, 6.45) is 2.01. The highest BCUT2D eigenvalue weighted by atomic mass is 19.1. The Morgan fingerprint density at radius 2 is 1.91 bits per heavy atom. The summed E-state index contributed by atoms with van der Waals surface area (Å²) in [6.45, 7) is 4.57. The lowest BCUT2D eigenvalue weighted by molar-refractivity contribution is -0.00840. The minimum atomic E-state index is -1.28. The van der Waals surface area contributed by atoms with Crippen molar-refractivity contribution in [2.75, 3.05) is 6.54 Å². The quantitative estimate of drug-likeness (QED) is 0.648. The van der Waals surface area contributed by atoms with Gasteiger partial charge in [0.05, 0.1) is 11.6 Å². The number of aromatic nitrogens is 1. The van der Waals surface area contributed by atoms with Crippen molar-refractivity contribution in [1.82, 2.24) is 14.8 Å². The third-order valence-electron chi connectivity index (χ3n) is 6.65. The lowest BCUT2D eigenvalue weighted by Gasteiger charge is -2.41. The molecule has 8 nitrogen and oxygen atoms in total. The van der Waals surface area contributed by atoms with Crippen LogP contribution in [0.4, 0.5) is 8.78 Å². The zero-order valence-electron chi connectivity index (χ0n) is 18.5. The average molecular weight is 461 g/mol. The molecule has 1 saturated heterocycles. The monoisotopic (exact) mass is 461 g/mol. The van der Waals surface area contributed by atoms with Crippen molar-refractivity contribution in [2.45, 2.75) is 57.8 Å². The van der Waals surface area contributed by atoms with Crippen LogP contribution < -0.4 is 10.7 Å². The van der Waals surface area contributed by atoms with Gasteiger partial charge in [-0.2, -0.15) is 0 Å². The van der Waals surface area contributed by atoms with Crippen molar-refractivity contribution in [2.24, 2.45) is 0 Å². The number of hydrogen-bond donors (Lipinski definition) is 3. The highest BCUT2D eigenvalue weighted by molar-refractivity contribution is 5.99. The number of rotatable bonds is 3. The Morgan fingerprint density at radius 1 is 1.27 bits per heavy atom. The van der Waals surface area contributed by atoms with Crippen molar-refractivity contribution in [3.63, 3.8) is 0 Å². The van der Waals surface area contributed by atoms with Gasteiger partial charge in [0.15, 0.2) is 11.4 Å². The van der Waals surface area contributed by atoms with Crippen molar-refractivity contribution in [3.05, 3.63) is 62.6 Å². The van der Waals surface area contributed by atoms with E-state index in [4.69, 9.17) is 0 Å². The Kier molecular flexibility index (Phi) is 5.52. The number of aromatic hydroxyl groups is 1. The van der Waals surface area contributed by atoms with Crippen molar-refractivity contribution in [3.8, 4) is 5.75 Å². The van der Waals surface area contributed by atoms with E-state index in [2.05, 4.69) is 5.32 Å². The summed E-state index contributed by atoms with van der Waals surface area (Å²) in [5.74, 6) is -4.12. The van der Waals surface area contributed by atoms with E-state index in [1.807, 2.05) is 6.92 Å². The van der Waals surface area contributed by atoms with E-state index in [0.29, 0.717) is 18.4 Å². The van der Waals surface area contributed by atoms with Crippen molar-refractivity contribution >= 4 is 11.8 Å². The molecule has 4 rings (SSSR count). The lowest BCUT2D eigenvalue weighted by atomic mass is 9.90. The molecule has 3 atom stereocenters. The molecule has 3 N–H and O–H groups in total. The first-order valence-electron chi connectivity index (χ1n) is 10.7. The number of amides is 2. The van der Waals surface area contributed by atoms with Crippen molar-refractivity contribution < 1.29 is 28.6 Å². The number of carbonyl (C=O) groups is 2. The first kappa shape index (κ1) is 22.9. The molecule has 2 aliphatic heterocycles. The maximum Gasteiger partial charge on any atom is 0.274 e. The highest BCUT2D eigenvalue weighted by Gasteiger charge is 2.46. The number of halogens is 2. The largest absolute Gasteiger partial charge is 0.503 e. The Hall–Kier alpha value is -3.27. The van der Waals surface area contributed by atoms with Gasteiger partial charge in [0.25, 0.3) is 11.8 Å². The molecule has 3 heterocycles. The molecule has 0 unspecified atom stereocenters. The zero-order valence-corrected chi connectivity index (χ0v) is 18.5. The summed E-state index contributed by atoms with van der Waals surface area (Å²) in [4.78, 5) is 40.0. The van der Waals surface area contributed by atoms with E-state index in [9.17, 15) is 33.4 Å². The Morgan fingerprint density at radius 3 is 2.55 bits per heavy atom. The molecule has 1 aromatic heterocycles. The molecule has 0 radical (unpaired) electrons. The van der Waals surface area contributed by atoms with Gasteiger partial charge in [-0.1, -0.05) is 0 Å². The van der Waals surface area contributed by atoms with E-state index in [1.165, 1.54) is 16.4 Å². The molecule has 1 fully saturated rings. The second-order valence-corrected chi connectivity index (χ2v) is 9.08. The molecule has 10 heteroatoms. The van der Waals surface area contributed by atoms with Crippen LogP contribution in [0.1, 0.15) is 64.7 Å². The first-order valence-corrected chi connectivity index (χ1v) is 10.7. The van der Waals surface area contributed by atoms with Gasteiger partial charge < -0.3 is 25.0 Å². The average Bonchev–Trinajstić information content (AvgIpc) is 2.83. The van der Waals surface area contributed by atoms with Gasteiger partial charge in [-0.15, -0.1) is 0 Å². The van der Waals surface area contributed by atoms with E-state index in [0.717, 1.165) is 18.3 Å². The van der Waals surface area contributed by atoms with Crippen LogP contribution >= 0.6 is 0 Å². The predicted octanol–water partition coefficient (Wildman–Crippen LogP) is 2.00. The molecule has 0 aliphatic carbocycles. The third-order valence-corrected chi connectivity index (χ3v) is 6.65. The minimum absolute atomic E-state index is 0.142. The second kappa shape index (κ2) is 7.95. The summed E-state index contributed by atoms with van der Waals surface area (Å²) in [7, 11) is 0. The molecule has 33 heavy (non-hydrogen) atoms. The predicted molar refractivity (Wildman–Crippen MR) is 114 cm³/mol. The lowest BCUT2D eigenvalue weighted by Crippen LogP contribution is -2.51. The molecular formula is C23H25F2N3O5. The first-order chi connectivity index (χ1) is 15.4. The van der Waals surface area contributed by atoms with E-state index in [-0.39, 0.29) is 23.8 Å². The summed E-state index contributed by atoms with van der Waals surface area (Å²) < 4.78 is 29.5. The number of carbonyl (C=O) groups excluding carboxylic acids is 2. The zero-order chi connectivity index (χ0) is 24.2. The van der Waals surface area contributed by atoms with Crippen LogP contribution in [0.25, 0.3) is 0 Å². The number of benzene rings is 1. The number of hydrogen-bond acceptors (Lipinski definition) is 5. The Balaban J connectivity index is 1.73. The summed E-state index contributed by atoms with van der Waals surface area (Å²) in [5, 5.41) is 23.9. The van der Waals surface area contributed by atoms with Crippen molar-refractivity contribution in [1.29, 1.82) is 0 Å². The fourth-order valence-corrected chi connectivity index (χ4v) is 4.59. The van der Waals surface area contributed by atoms with Crippen LogP contribution in [-0.4, -0.2) is 49.7 Å². The standard InChI is InChI=1S/C23H25F2N3O5/c1-11-6-15(24)13(16(25)7-11)8-26-21(31)14-9-28-17-10-27(12(2)4-5-23(17,3)33)22(32)18(28)20(30)19(14)29/h6-7,9,12,17,30,33H,4-5,8,10H2,1-3H3,(H,26,31)/t12-,17+,23+/m0/s1. The third kappa shape index (κ3) is 3.78. The van der Waals surface area contributed by atoms with Gasteiger partial charge in [0, 0.05) is 30.9 Å². The van der Waals surface area contributed by atoms with Gasteiger partial charge in [-0.3, -0.25) is 14.4 Å². The van der Waals surface area contributed by atoms with Gasteiger partial charge in [0.1, 0.15) is 17.2 Å². The van der Waals surface area contributed by atoms with Crippen LogP contribution in [-0.2, 0) is 6.54 Å². The van der Waals surface area contributed by atoms with E-state index < -0.39 is 58.4 Å². The van der Waals surface area contributed by atoms with Gasteiger partial charge >= 0.3 is 0 Å². The van der Waals surface area contributed by atoms with Crippen LogP contribution in [0.15, 0.2) is 23.1 Å². The Bertz CT molecular complexity index is 1200. The molecule has 2 aromatic rings. The molecule has 0 saturated carbocycles. The number of fused-ring (bicyclic) bond motifs is 4. The summed E-state index contributed by atoms with van der Waals surface area (Å²) in [6, 6.07) is 1.33. The van der Waals surface area contributed by atoms with Crippen LogP contribution in [0.5, 0.6) is 5.75 Å². The number of nitrogens with zero attached hydrogens (tertiary/aromatic N) is 2.